The molecule has 1 unspecified atom stereocenters. The van der Waals surface area contributed by atoms with Crippen LogP contribution in [0.3, 0.4) is 0 Å². The summed E-state index contributed by atoms with van der Waals surface area (Å²) in [6.45, 7) is 11.7. The molecule has 0 aromatic heterocycles. The van der Waals surface area contributed by atoms with E-state index in [1.165, 1.54) is 6.07 Å². The van der Waals surface area contributed by atoms with Gasteiger partial charge in [-0.2, -0.15) is 0 Å². The van der Waals surface area contributed by atoms with Gasteiger partial charge in [0.25, 0.3) is 0 Å². The fraction of sp³-hybridized carbons (Fsp3) is 0.632. The lowest BCUT2D eigenvalue weighted by Gasteiger charge is -2.38. The molecule has 1 N–H and O–H groups in total. The van der Waals surface area contributed by atoms with Gasteiger partial charge in [0, 0.05) is 19.6 Å². The molecule has 0 fully saturated rings. The predicted octanol–water partition coefficient (Wildman–Crippen LogP) is 3.25. The average molecular weight is 338 g/mol. The molecule has 1 aliphatic heterocycles. The third kappa shape index (κ3) is 6.48. The van der Waals surface area contributed by atoms with Crippen LogP contribution in [-0.2, 0) is 11.2 Å². The van der Waals surface area contributed by atoms with Gasteiger partial charge in [-0.3, -0.25) is 9.69 Å². The van der Waals surface area contributed by atoms with E-state index in [1.807, 2.05) is 6.07 Å². The summed E-state index contributed by atoms with van der Waals surface area (Å²) in [5, 5.41) is 2.25. The monoisotopic (exact) mass is 338 g/mol. The third-order valence-electron chi connectivity index (χ3n) is 3.75. The molecule has 0 spiro atoms. The summed E-state index contributed by atoms with van der Waals surface area (Å²) in [7, 11) is 1.56. The van der Waals surface area contributed by atoms with Gasteiger partial charge in [-0.1, -0.05) is 39.8 Å². The van der Waals surface area contributed by atoms with Gasteiger partial charge in [-0.25, -0.2) is 4.39 Å². The maximum Gasteiger partial charge on any atom is 0.206 e. The second kappa shape index (κ2) is 9.62. The van der Waals surface area contributed by atoms with E-state index in [4.69, 9.17) is 9.53 Å². The first-order valence-electron chi connectivity index (χ1n) is 8.57. The Morgan fingerprint density at radius 3 is 2.62 bits per heavy atom. The molecule has 1 heterocycles. The van der Waals surface area contributed by atoms with E-state index in [0.29, 0.717) is 24.8 Å². The number of nitrogens with one attached hydrogen (secondary N) is 1. The van der Waals surface area contributed by atoms with Gasteiger partial charge in [0.05, 0.1) is 0 Å². The highest BCUT2D eigenvalue weighted by molar-refractivity contribution is 5.44. The van der Waals surface area contributed by atoms with E-state index in [1.54, 1.807) is 13.1 Å². The summed E-state index contributed by atoms with van der Waals surface area (Å²) in [4.78, 5) is 11.6. The van der Waals surface area contributed by atoms with Gasteiger partial charge in [0.1, 0.15) is 6.61 Å². The van der Waals surface area contributed by atoms with Crippen LogP contribution in [0.1, 0.15) is 39.7 Å². The van der Waals surface area contributed by atoms with E-state index in [0.717, 1.165) is 31.5 Å². The minimum Gasteiger partial charge on any atom is -0.489 e. The van der Waals surface area contributed by atoms with Crippen molar-refractivity contribution in [3.63, 3.8) is 0 Å². The zero-order valence-corrected chi connectivity index (χ0v) is 15.6. The summed E-state index contributed by atoms with van der Waals surface area (Å²) in [6.07, 6.45) is 2.63. The molecule has 1 aromatic rings. The minimum atomic E-state index is -0.237. The number of carbonyl (C=O) groups is 1. The van der Waals surface area contributed by atoms with E-state index >= 15 is 0 Å². The topological polar surface area (TPSA) is 41.6 Å². The van der Waals surface area contributed by atoms with Gasteiger partial charge >= 0.3 is 0 Å². The lowest BCUT2D eigenvalue weighted by molar-refractivity contribution is -0.109. The van der Waals surface area contributed by atoms with Crippen LogP contribution in [0.4, 0.5) is 4.39 Å². The van der Waals surface area contributed by atoms with Gasteiger partial charge in [0.15, 0.2) is 11.6 Å². The van der Waals surface area contributed by atoms with Crippen LogP contribution in [0.25, 0.3) is 0 Å². The number of fused-ring (bicyclic) bond motifs is 1. The zero-order chi connectivity index (χ0) is 18.2. The lowest BCUT2D eigenvalue weighted by atomic mass is 9.93. The number of carbonyl (C=O) groups excluding carboxylic acids is 1. The molecular weight excluding hydrogens is 307 g/mol. The fourth-order valence-corrected chi connectivity index (χ4v) is 2.89. The summed E-state index contributed by atoms with van der Waals surface area (Å²) in [5.41, 5.74) is 1.26. The van der Waals surface area contributed by atoms with Crippen LogP contribution in [0.2, 0.25) is 0 Å². The van der Waals surface area contributed by atoms with E-state index in [9.17, 15) is 4.39 Å². The first kappa shape index (κ1) is 20.4. The Morgan fingerprint density at radius 2 is 2.08 bits per heavy atom. The highest BCUT2D eigenvalue weighted by Gasteiger charge is 2.28. The molecule has 1 aromatic carbocycles. The Morgan fingerprint density at radius 1 is 1.42 bits per heavy atom. The van der Waals surface area contributed by atoms with Crippen molar-refractivity contribution in [3.8, 4) is 5.75 Å². The van der Waals surface area contributed by atoms with E-state index in [-0.39, 0.29) is 11.2 Å². The number of para-hydroxylation sites is 1. The average Bonchev–Trinajstić information content (AvgIpc) is 2.53. The molecule has 1 atom stereocenters. The third-order valence-corrected chi connectivity index (χ3v) is 3.75. The molecule has 0 saturated heterocycles. The highest BCUT2D eigenvalue weighted by Crippen LogP contribution is 2.30. The summed E-state index contributed by atoms with van der Waals surface area (Å²) in [5.74, 6) is 0.217. The number of amides is 1. The Bertz CT molecular complexity index is 515. The van der Waals surface area contributed by atoms with Crippen molar-refractivity contribution in [2.75, 3.05) is 26.7 Å². The van der Waals surface area contributed by atoms with Crippen molar-refractivity contribution in [1.29, 1.82) is 0 Å². The first-order valence-corrected chi connectivity index (χ1v) is 8.57. The second-order valence-corrected chi connectivity index (χ2v) is 7.33. The molecule has 0 saturated carbocycles. The largest absolute Gasteiger partial charge is 0.489 e. The van der Waals surface area contributed by atoms with Crippen LogP contribution in [0, 0.1) is 11.2 Å². The van der Waals surface area contributed by atoms with Crippen LogP contribution in [0.5, 0.6) is 5.75 Å². The van der Waals surface area contributed by atoms with Crippen molar-refractivity contribution >= 4 is 6.41 Å². The fourth-order valence-electron chi connectivity index (χ4n) is 2.89. The van der Waals surface area contributed by atoms with Gasteiger partial charge < -0.3 is 10.1 Å². The molecule has 0 aliphatic carbocycles. The Hall–Kier alpha value is -1.62. The molecule has 5 heteroatoms. The van der Waals surface area contributed by atoms with Crippen LogP contribution < -0.4 is 10.1 Å². The Kier molecular flexibility index (Phi) is 8.19. The quantitative estimate of drug-likeness (QED) is 0.838. The zero-order valence-electron chi connectivity index (χ0n) is 15.6. The maximum absolute atomic E-state index is 13.7. The summed E-state index contributed by atoms with van der Waals surface area (Å²) in [6, 6.07) is 5.57. The highest BCUT2D eigenvalue weighted by atomic mass is 19.1. The Balaban J connectivity index is 0.000000648. The molecule has 4 nitrogen and oxygen atoms in total. The van der Waals surface area contributed by atoms with Crippen molar-refractivity contribution < 1.29 is 13.9 Å². The normalized spacial score (nSPS) is 16.5. The smallest absolute Gasteiger partial charge is 0.206 e. The SMILES string of the molecule is CCCN(CC(C)(C)C)C1COc2c(F)cccc2C1.CNC=O. The number of hydrogen-bond acceptors (Lipinski definition) is 3. The van der Waals surface area contributed by atoms with Gasteiger partial charge in [-0.05, 0) is 36.4 Å². The molecular formula is C19H31FN2O2. The van der Waals surface area contributed by atoms with Crippen LogP contribution in [-0.4, -0.2) is 44.1 Å². The van der Waals surface area contributed by atoms with Crippen molar-refractivity contribution in [1.82, 2.24) is 10.2 Å². The number of benzene rings is 1. The first-order chi connectivity index (χ1) is 11.3. The minimum absolute atomic E-state index is 0.237. The molecule has 0 bridgehead atoms. The molecule has 136 valence electrons. The number of ether oxygens (including phenoxy) is 1. The summed E-state index contributed by atoms with van der Waals surface area (Å²) < 4.78 is 19.4. The molecule has 1 aliphatic rings. The molecule has 1 amide bonds. The van der Waals surface area contributed by atoms with E-state index < -0.39 is 0 Å². The van der Waals surface area contributed by atoms with Crippen molar-refractivity contribution in [2.24, 2.45) is 5.41 Å². The van der Waals surface area contributed by atoms with Crippen molar-refractivity contribution in [2.45, 2.75) is 46.6 Å². The molecule has 0 radical (unpaired) electrons. The Labute approximate surface area is 145 Å². The number of rotatable bonds is 5. The van der Waals surface area contributed by atoms with Crippen LogP contribution in [0.15, 0.2) is 18.2 Å². The van der Waals surface area contributed by atoms with E-state index in [2.05, 4.69) is 37.9 Å². The number of halogens is 1. The lowest BCUT2D eigenvalue weighted by Crippen LogP contribution is -2.47. The maximum atomic E-state index is 13.7. The summed E-state index contributed by atoms with van der Waals surface area (Å²) >= 11 is 0. The van der Waals surface area contributed by atoms with Crippen LogP contribution >= 0.6 is 0 Å². The standard InChI is InChI=1S/C17H26FNO.C2H5NO/c1-5-9-19(12-17(2,3)4)14-10-13-7-6-8-15(18)16(13)20-11-14;1-3-2-4/h6-8,14H,5,9-12H2,1-4H3;2H,1H3,(H,3,4). The van der Waals surface area contributed by atoms with Gasteiger partial charge in [-0.15, -0.1) is 0 Å². The molecule has 2 rings (SSSR count). The number of hydrogen-bond donors (Lipinski definition) is 1. The predicted molar refractivity (Wildman–Crippen MR) is 95.8 cm³/mol. The molecule has 24 heavy (non-hydrogen) atoms. The second-order valence-electron chi connectivity index (χ2n) is 7.33. The van der Waals surface area contributed by atoms with Crippen molar-refractivity contribution in [3.05, 3.63) is 29.6 Å². The van der Waals surface area contributed by atoms with Gasteiger partial charge in [0.2, 0.25) is 6.41 Å². The number of nitrogens with zero attached hydrogens (tertiary/aromatic N) is 1.